The van der Waals surface area contributed by atoms with Crippen molar-refractivity contribution in [2.45, 2.75) is 76.8 Å². The van der Waals surface area contributed by atoms with Crippen molar-refractivity contribution in [1.82, 2.24) is 0 Å². The summed E-state index contributed by atoms with van der Waals surface area (Å²) < 4.78 is 0. The van der Waals surface area contributed by atoms with Crippen molar-refractivity contribution in [2.75, 3.05) is 12.8 Å². The van der Waals surface area contributed by atoms with E-state index in [4.69, 9.17) is 0 Å². The van der Waals surface area contributed by atoms with E-state index in [9.17, 15) is 0 Å². The lowest BCUT2D eigenvalue weighted by molar-refractivity contribution is 0.529. The van der Waals surface area contributed by atoms with Gasteiger partial charge in [-0.3, -0.25) is 0 Å². The Morgan fingerprint density at radius 2 is 1.42 bits per heavy atom. The Morgan fingerprint density at radius 3 is 1.87 bits per heavy atom. The maximum Gasteiger partial charge on any atom is 0.0773 e. The zero-order valence-electron chi connectivity index (χ0n) is 20.2. The van der Waals surface area contributed by atoms with E-state index >= 15 is 0 Å². The first-order valence-electron chi connectivity index (χ1n) is 12.3. The predicted molar refractivity (Wildman–Crippen MR) is 143 cm³/mol. The van der Waals surface area contributed by atoms with E-state index in [2.05, 4.69) is 101 Å². The summed E-state index contributed by atoms with van der Waals surface area (Å²) in [4.78, 5) is 0. The van der Waals surface area contributed by atoms with Crippen LogP contribution in [0.5, 0.6) is 0 Å². The fraction of sp³-hybridized carbons (Fsp3) is 0.517. The highest BCUT2D eigenvalue weighted by Gasteiger charge is 2.52. The van der Waals surface area contributed by atoms with Crippen LogP contribution in [0, 0.1) is 5.41 Å². The second kappa shape index (κ2) is 9.49. The van der Waals surface area contributed by atoms with Crippen LogP contribution in [0.1, 0.15) is 82.2 Å². The molecular formula is C29H41P2+. The normalized spacial score (nSPS) is 30.1. The van der Waals surface area contributed by atoms with Crippen LogP contribution in [-0.2, 0) is 0 Å². The van der Waals surface area contributed by atoms with Crippen LogP contribution in [-0.4, -0.2) is 18.5 Å². The predicted octanol–water partition coefficient (Wildman–Crippen LogP) is 9.85. The lowest BCUT2D eigenvalue weighted by Gasteiger charge is -2.36. The van der Waals surface area contributed by atoms with Crippen molar-refractivity contribution in [2.24, 2.45) is 5.41 Å². The van der Waals surface area contributed by atoms with Gasteiger partial charge in [0, 0.05) is 24.0 Å². The molecular weight excluding hydrogens is 410 g/mol. The van der Waals surface area contributed by atoms with E-state index in [0.717, 1.165) is 5.66 Å². The molecule has 0 aromatic heterocycles. The molecule has 1 unspecified atom stereocenters. The molecule has 4 atom stereocenters. The van der Waals surface area contributed by atoms with E-state index in [0.29, 0.717) is 11.3 Å². The average molecular weight is 452 g/mol. The second-order valence-electron chi connectivity index (χ2n) is 10.8. The van der Waals surface area contributed by atoms with Crippen LogP contribution < -0.4 is 0 Å². The van der Waals surface area contributed by atoms with Crippen LogP contribution in [0.4, 0.5) is 0 Å². The Hall–Kier alpha value is -0.960. The summed E-state index contributed by atoms with van der Waals surface area (Å²) in [6, 6.07) is 22.9. The molecule has 4 rings (SSSR count). The highest BCUT2D eigenvalue weighted by Crippen LogP contribution is 2.79. The molecule has 31 heavy (non-hydrogen) atoms. The van der Waals surface area contributed by atoms with Gasteiger partial charge in [-0.2, -0.15) is 0 Å². The fourth-order valence-electron chi connectivity index (χ4n) is 6.32. The minimum atomic E-state index is -1.07. The van der Waals surface area contributed by atoms with Gasteiger partial charge in [0.1, 0.15) is 0 Å². The quantitative estimate of drug-likeness (QED) is 0.397. The molecule has 2 aliphatic rings. The lowest BCUT2D eigenvalue weighted by Crippen LogP contribution is -2.19. The Bertz CT molecular complexity index is 832. The van der Waals surface area contributed by atoms with Crippen molar-refractivity contribution < 1.29 is 0 Å². The molecule has 166 valence electrons. The van der Waals surface area contributed by atoms with Gasteiger partial charge >= 0.3 is 0 Å². The van der Waals surface area contributed by atoms with Gasteiger partial charge in [-0.25, -0.2) is 0 Å². The van der Waals surface area contributed by atoms with Crippen molar-refractivity contribution >= 4 is 15.2 Å². The molecule has 2 aliphatic heterocycles. The average Bonchev–Trinajstić information content (AvgIpc) is 3.36. The topological polar surface area (TPSA) is 0 Å². The molecule has 2 heterocycles. The molecule has 2 aromatic rings. The number of hydrogen-bond acceptors (Lipinski definition) is 0. The molecule has 0 nitrogen and oxygen atoms in total. The number of allylic oxidation sites excluding steroid dienone is 1. The first-order chi connectivity index (χ1) is 14.8. The highest BCUT2D eigenvalue weighted by atomic mass is 31.2. The first kappa shape index (κ1) is 23.2. The van der Waals surface area contributed by atoms with Crippen molar-refractivity contribution in [3.05, 3.63) is 82.9 Å². The van der Waals surface area contributed by atoms with Crippen molar-refractivity contribution in [3.8, 4) is 0 Å². The summed E-state index contributed by atoms with van der Waals surface area (Å²) in [6.45, 7) is 12.6. The Kier molecular flexibility index (Phi) is 7.11. The zero-order chi connectivity index (χ0) is 22.1. The van der Waals surface area contributed by atoms with E-state index in [1.165, 1.54) is 38.3 Å². The minimum Gasteiger partial charge on any atom is -0.0640 e. The smallest absolute Gasteiger partial charge is 0.0640 e. The van der Waals surface area contributed by atoms with Gasteiger partial charge in [0.2, 0.25) is 0 Å². The number of benzene rings is 2. The molecule has 0 aliphatic carbocycles. The summed E-state index contributed by atoms with van der Waals surface area (Å²) in [5, 5.41) is 1.87. The van der Waals surface area contributed by atoms with Crippen LogP contribution >= 0.6 is 15.2 Å². The third-order valence-electron chi connectivity index (χ3n) is 7.83. The van der Waals surface area contributed by atoms with Crippen LogP contribution in [0.3, 0.4) is 0 Å². The van der Waals surface area contributed by atoms with Crippen molar-refractivity contribution in [1.29, 1.82) is 0 Å². The summed E-state index contributed by atoms with van der Waals surface area (Å²) in [5.74, 6) is 2.92. The maximum atomic E-state index is 2.92. The molecule has 0 N–H and O–H groups in total. The molecule has 2 aromatic carbocycles. The zero-order valence-corrected chi connectivity index (χ0v) is 22.0. The van der Waals surface area contributed by atoms with Crippen LogP contribution in [0.15, 0.2) is 71.8 Å². The van der Waals surface area contributed by atoms with E-state index in [-0.39, 0.29) is 13.3 Å². The van der Waals surface area contributed by atoms with Gasteiger partial charge in [0.25, 0.3) is 0 Å². The highest BCUT2D eigenvalue weighted by molar-refractivity contribution is 7.80. The first-order valence-corrected chi connectivity index (χ1v) is 16.3. The molecule has 2 fully saturated rings. The van der Waals surface area contributed by atoms with Crippen LogP contribution in [0.2, 0.25) is 0 Å². The monoisotopic (exact) mass is 451 g/mol. The number of hydrogen-bond donors (Lipinski definition) is 0. The largest absolute Gasteiger partial charge is 0.0773 e. The summed E-state index contributed by atoms with van der Waals surface area (Å²) >= 11 is 0. The lowest BCUT2D eigenvalue weighted by atomic mass is 9.97. The molecule has 2 saturated heterocycles. The van der Waals surface area contributed by atoms with Gasteiger partial charge in [-0.1, -0.05) is 96.3 Å². The minimum absolute atomic E-state index is 0.234. The third-order valence-corrected chi connectivity index (χ3v) is 16.5. The summed E-state index contributed by atoms with van der Waals surface area (Å²) in [7, 11) is -1.31. The standard InChI is InChI=1S/C29H41P2/c1-6-25-18-13-21-31(25,5)28(29(2,3)4)22-30-26(23-14-9-7-10-15-23)19-20-27(30)24-16-11-8-12-17-24/h7-12,14-17,22,25-27H,6,13,18-21H2,1-5H3/q+1/b28-22-/t25-,26+,27+,31?/m1/s1. The van der Waals surface area contributed by atoms with Crippen LogP contribution in [0.25, 0.3) is 0 Å². The Balaban J connectivity index is 1.82. The van der Waals surface area contributed by atoms with Gasteiger partial charge in [0.15, 0.2) is 0 Å². The molecule has 0 radical (unpaired) electrons. The van der Waals surface area contributed by atoms with Gasteiger partial charge in [-0.15, -0.1) is 0 Å². The van der Waals surface area contributed by atoms with E-state index in [1.807, 2.05) is 5.31 Å². The van der Waals surface area contributed by atoms with Gasteiger partial charge < -0.3 is 0 Å². The van der Waals surface area contributed by atoms with Gasteiger partial charge in [-0.05, 0) is 49.0 Å². The van der Waals surface area contributed by atoms with Gasteiger partial charge in [0.05, 0.1) is 23.8 Å². The maximum absolute atomic E-state index is 2.92. The Labute approximate surface area is 193 Å². The van der Waals surface area contributed by atoms with E-state index in [1.54, 1.807) is 11.1 Å². The molecule has 0 amide bonds. The van der Waals surface area contributed by atoms with Crippen molar-refractivity contribution in [3.63, 3.8) is 0 Å². The molecule has 0 spiro atoms. The van der Waals surface area contributed by atoms with E-state index < -0.39 is 7.26 Å². The third kappa shape index (κ3) is 4.72. The SMILES string of the molecule is CC[C@@H]1CCC[P+]1(C)/C(=C\P1[C@H](c2ccccc2)CC[C@H]1c1ccccc1)C(C)(C)C. The summed E-state index contributed by atoms with van der Waals surface area (Å²) in [6.07, 6.45) is 8.39. The fourth-order valence-corrected chi connectivity index (χ4v) is 16.1. The number of rotatable bonds is 5. The second-order valence-corrected chi connectivity index (χ2v) is 17.4. The molecule has 0 bridgehead atoms. The molecule has 0 saturated carbocycles. The summed E-state index contributed by atoms with van der Waals surface area (Å²) in [5.41, 5.74) is 5.76. The molecule has 2 heteroatoms. The Morgan fingerprint density at radius 1 is 0.903 bits per heavy atom.